The number of thioether (sulfide) groups is 1. The molecule has 2 aromatic rings. The fourth-order valence-electron chi connectivity index (χ4n) is 2.15. The highest BCUT2D eigenvalue weighted by molar-refractivity contribution is 7.99. The van der Waals surface area contributed by atoms with Crippen LogP contribution in [0.5, 0.6) is 0 Å². The molecule has 0 aliphatic carbocycles. The van der Waals surface area contributed by atoms with Crippen molar-refractivity contribution in [3.8, 4) is 0 Å². The Bertz CT molecular complexity index is 548. The minimum Gasteiger partial charge on any atom is -0.327 e. The number of benzene rings is 2. The highest BCUT2D eigenvalue weighted by atomic mass is 32.2. The quantitative estimate of drug-likeness (QED) is 0.829. The Morgan fingerprint density at radius 3 is 2.37 bits per heavy atom. The molecule has 0 spiro atoms. The van der Waals surface area contributed by atoms with Crippen molar-refractivity contribution in [2.24, 2.45) is 5.73 Å². The molecule has 2 aromatic carbocycles. The van der Waals surface area contributed by atoms with E-state index in [2.05, 4.69) is 69.3 Å². The summed E-state index contributed by atoms with van der Waals surface area (Å²) in [5, 5.41) is 0.293. The smallest absolute Gasteiger partial charge is 0.0493 e. The molecule has 0 aromatic heterocycles. The number of nitrogens with two attached hydrogens (primary N) is 1. The summed E-state index contributed by atoms with van der Waals surface area (Å²) in [6.07, 6.45) is 0. The molecule has 0 radical (unpaired) electrons. The van der Waals surface area contributed by atoms with Gasteiger partial charge in [-0.2, -0.15) is 0 Å². The van der Waals surface area contributed by atoms with Crippen molar-refractivity contribution in [1.82, 2.24) is 0 Å². The lowest BCUT2D eigenvalue weighted by Crippen LogP contribution is -2.22. The Hall–Kier alpha value is -1.25. The average molecular weight is 271 g/mol. The molecule has 0 saturated carbocycles. The maximum absolute atomic E-state index is 6.20. The molecule has 0 bridgehead atoms. The fourth-order valence-corrected chi connectivity index (χ4v) is 3.33. The van der Waals surface area contributed by atoms with Gasteiger partial charge in [0.05, 0.1) is 0 Å². The highest BCUT2D eigenvalue weighted by Gasteiger charge is 2.18. The van der Waals surface area contributed by atoms with E-state index in [1.165, 1.54) is 21.6 Å². The fraction of sp³-hybridized carbons (Fsp3) is 0.294. The first kappa shape index (κ1) is 14.2. The van der Waals surface area contributed by atoms with Crippen LogP contribution in [-0.2, 0) is 0 Å². The van der Waals surface area contributed by atoms with E-state index in [1.807, 2.05) is 11.8 Å². The van der Waals surface area contributed by atoms with E-state index in [-0.39, 0.29) is 6.04 Å². The van der Waals surface area contributed by atoms with Gasteiger partial charge in [-0.05, 0) is 38.0 Å². The topological polar surface area (TPSA) is 26.0 Å². The van der Waals surface area contributed by atoms with Gasteiger partial charge < -0.3 is 5.73 Å². The molecule has 2 heteroatoms. The van der Waals surface area contributed by atoms with Crippen LogP contribution in [0.3, 0.4) is 0 Å². The second-order valence-corrected chi connectivity index (χ2v) is 6.26. The van der Waals surface area contributed by atoms with E-state index >= 15 is 0 Å². The van der Waals surface area contributed by atoms with Crippen molar-refractivity contribution in [3.63, 3.8) is 0 Å². The van der Waals surface area contributed by atoms with Gasteiger partial charge in [0, 0.05) is 16.2 Å². The maximum Gasteiger partial charge on any atom is 0.0493 e. The van der Waals surface area contributed by atoms with Crippen molar-refractivity contribution >= 4 is 11.8 Å². The molecular formula is C17H21NS. The van der Waals surface area contributed by atoms with Crippen LogP contribution in [0.25, 0.3) is 0 Å². The van der Waals surface area contributed by atoms with Crippen LogP contribution in [0.4, 0.5) is 0 Å². The lowest BCUT2D eigenvalue weighted by molar-refractivity contribution is 0.721. The lowest BCUT2D eigenvalue weighted by Gasteiger charge is -2.22. The van der Waals surface area contributed by atoms with E-state index in [4.69, 9.17) is 5.73 Å². The van der Waals surface area contributed by atoms with Gasteiger partial charge in [0.25, 0.3) is 0 Å². The van der Waals surface area contributed by atoms with E-state index in [1.54, 1.807) is 0 Å². The van der Waals surface area contributed by atoms with E-state index in [9.17, 15) is 0 Å². The average Bonchev–Trinajstić information content (AvgIpc) is 2.37. The molecular weight excluding hydrogens is 250 g/mol. The molecule has 100 valence electrons. The first-order valence-corrected chi connectivity index (χ1v) is 7.50. The minimum atomic E-state index is 0.117. The van der Waals surface area contributed by atoms with Crippen molar-refractivity contribution in [3.05, 3.63) is 65.2 Å². The van der Waals surface area contributed by atoms with Gasteiger partial charge >= 0.3 is 0 Å². The van der Waals surface area contributed by atoms with Crippen LogP contribution >= 0.6 is 11.8 Å². The first-order chi connectivity index (χ1) is 9.08. The van der Waals surface area contributed by atoms with Gasteiger partial charge in [-0.3, -0.25) is 0 Å². The second-order valence-electron chi connectivity index (χ2n) is 5.08. The summed E-state index contributed by atoms with van der Waals surface area (Å²) in [5.74, 6) is 0. The molecule has 0 heterocycles. The van der Waals surface area contributed by atoms with Crippen molar-refractivity contribution in [2.75, 3.05) is 0 Å². The molecule has 0 aliphatic heterocycles. The summed E-state index contributed by atoms with van der Waals surface area (Å²) in [5.41, 5.74) is 10.1. The largest absolute Gasteiger partial charge is 0.327 e. The van der Waals surface area contributed by atoms with Gasteiger partial charge in [0.2, 0.25) is 0 Å². The standard InChI is InChI=1S/C17H21NS/c1-12-7-6-9-15(11-12)17(14(3)18)19-16-10-5-4-8-13(16)2/h4-11,14,17H,18H2,1-3H3. The third-order valence-electron chi connectivity index (χ3n) is 3.20. The molecule has 0 amide bonds. The minimum absolute atomic E-state index is 0.117. The Morgan fingerprint density at radius 2 is 1.74 bits per heavy atom. The summed E-state index contributed by atoms with van der Waals surface area (Å²) in [6.45, 7) is 6.36. The molecule has 2 atom stereocenters. The molecule has 2 N–H and O–H groups in total. The second kappa shape index (κ2) is 6.27. The molecule has 2 unspecified atom stereocenters. The number of hydrogen-bond donors (Lipinski definition) is 1. The maximum atomic E-state index is 6.20. The van der Waals surface area contributed by atoms with Crippen molar-refractivity contribution in [2.45, 2.75) is 37.0 Å². The molecule has 1 nitrogen and oxygen atoms in total. The van der Waals surface area contributed by atoms with Crippen LogP contribution < -0.4 is 5.73 Å². The SMILES string of the molecule is Cc1cccc(C(Sc2ccccc2C)C(C)N)c1. The zero-order valence-electron chi connectivity index (χ0n) is 11.8. The van der Waals surface area contributed by atoms with E-state index < -0.39 is 0 Å². The van der Waals surface area contributed by atoms with Gasteiger partial charge in [-0.1, -0.05) is 48.0 Å². The zero-order chi connectivity index (χ0) is 13.8. The Kier molecular flexibility index (Phi) is 4.67. The van der Waals surface area contributed by atoms with Gasteiger partial charge in [-0.15, -0.1) is 11.8 Å². The lowest BCUT2D eigenvalue weighted by atomic mass is 10.0. The van der Waals surface area contributed by atoms with Gasteiger partial charge in [0.15, 0.2) is 0 Å². The molecule has 0 fully saturated rings. The molecule has 2 rings (SSSR count). The first-order valence-electron chi connectivity index (χ1n) is 6.62. The summed E-state index contributed by atoms with van der Waals surface area (Å²) in [7, 11) is 0. The predicted octanol–water partition coefficient (Wildman–Crippen LogP) is 4.48. The molecule has 0 aliphatic rings. The third-order valence-corrected chi connectivity index (χ3v) is 4.86. The molecule has 0 saturated heterocycles. The van der Waals surface area contributed by atoms with Gasteiger partial charge in [0.1, 0.15) is 0 Å². The predicted molar refractivity (Wildman–Crippen MR) is 84.6 cm³/mol. The summed E-state index contributed by atoms with van der Waals surface area (Å²) < 4.78 is 0. The molecule has 19 heavy (non-hydrogen) atoms. The zero-order valence-corrected chi connectivity index (χ0v) is 12.6. The van der Waals surface area contributed by atoms with E-state index in [0.717, 1.165) is 0 Å². The summed E-state index contributed by atoms with van der Waals surface area (Å²) >= 11 is 1.86. The number of hydrogen-bond acceptors (Lipinski definition) is 2. The number of rotatable bonds is 4. The Morgan fingerprint density at radius 1 is 1.00 bits per heavy atom. The monoisotopic (exact) mass is 271 g/mol. The Balaban J connectivity index is 2.29. The van der Waals surface area contributed by atoms with Crippen molar-refractivity contribution in [1.29, 1.82) is 0 Å². The Labute approximate surface area is 120 Å². The number of aryl methyl sites for hydroxylation is 2. The summed E-state index contributed by atoms with van der Waals surface area (Å²) in [4.78, 5) is 1.31. The van der Waals surface area contributed by atoms with Crippen LogP contribution in [0.1, 0.15) is 28.9 Å². The van der Waals surface area contributed by atoms with E-state index in [0.29, 0.717) is 5.25 Å². The van der Waals surface area contributed by atoms with Crippen LogP contribution in [0.2, 0.25) is 0 Å². The normalized spacial score (nSPS) is 14.1. The van der Waals surface area contributed by atoms with Crippen LogP contribution in [0, 0.1) is 13.8 Å². The van der Waals surface area contributed by atoms with Gasteiger partial charge in [-0.25, -0.2) is 0 Å². The van der Waals surface area contributed by atoms with Crippen LogP contribution in [-0.4, -0.2) is 6.04 Å². The van der Waals surface area contributed by atoms with Crippen molar-refractivity contribution < 1.29 is 0 Å². The van der Waals surface area contributed by atoms with Crippen LogP contribution in [0.15, 0.2) is 53.4 Å². The summed E-state index contributed by atoms with van der Waals surface area (Å²) in [6, 6.07) is 17.2. The highest BCUT2D eigenvalue weighted by Crippen LogP contribution is 2.38. The third kappa shape index (κ3) is 3.62.